The number of hydrogen-bond acceptors (Lipinski definition) is 5. The smallest absolute Gasteiger partial charge is 0.228 e. The number of nitrogens with one attached hydrogen (secondary N) is 2. The zero-order valence-corrected chi connectivity index (χ0v) is 16.7. The Morgan fingerprint density at radius 1 is 1.35 bits per heavy atom. The highest BCUT2D eigenvalue weighted by molar-refractivity contribution is 7.07. The maximum atomic E-state index is 12.5. The number of thiazole rings is 1. The predicted octanol–water partition coefficient (Wildman–Crippen LogP) is 3.89. The van der Waals surface area contributed by atoms with Crippen molar-refractivity contribution in [2.45, 2.75) is 25.9 Å². The number of benzene rings is 1. The second-order valence-electron chi connectivity index (χ2n) is 6.65. The van der Waals surface area contributed by atoms with E-state index in [2.05, 4.69) is 15.6 Å². The van der Waals surface area contributed by atoms with Crippen molar-refractivity contribution < 1.29 is 9.53 Å². The molecule has 2 aliphatic rings. The van der Waals surface area contributed by atoms with Crippen molar-refractivity contribution in [1.29, 1.82) is 0 Å². The Hall–Kier alpha value is -1.34. The fourth-order valence-corrected chi connectivity index (χ4v) is 4.10. The van der Waals surface area contributed by atoms with Crippen LogP contribution >= 0.6 is 36.2 Å². The maximum Gasteiger partial charge on any atom is 0.228 e. The van der Waals surface area contributed by atoms with Crippen LogP contribution in [0.3, 0.4) is 0 Å². The van der Waals surface area contributed by atoms with Gasteiger partial charge in [-0.1, -0.05) is 6.07 Å². The first-order valence-electron chi connectivity index (χ1n) is 8.37. The Balaban J connectivity index is 0.00000121. The van der Waals surface area contributed by atoms with Crippen LogP contribution in [0.4, 0.5) is 5.69 Å². The number of amides is 1. The molecule has 1 aromatic carbocycles. The molecule has 2 aromatic rings. The van der Waals surface area contributed by atoms with Crippen LogP contribution in [0.5, 0.6) is 5.75 Å². The van der Waals surface area contributed by atoms with Gasteiger partial charge in [0, 0.05) is 23.1 Å². The lowest BCUT2D eigenvalue weighted by Gasteiger charge is -2.23. The molecule has 1 unspecified atom stereocenters. The molecule has 4 rings (SSSR count). The molecule has 8 heteroatoms. The van der Waals surface area contributed by atoms with Crippen molar-refractivity contribution in [3.63, 3.8) is 0 Å². The Bertz CT molecular complexity index is 721. The van der Waals surface area contributed by atoms with Crippen LogP contribution in [-0.2, 0) is 11.4 Å². The monoisotopic (exact) mass is 415 g/mol. The van der Waals surface area contributed by atoms with Crippen molar-refractivity contribution in [3.05, 3.63) is 40.8 Å². The van der Waals surface area contributed by atoms with E-state index in [4.69, 9.17) is 4.74 Å². The lowest BCUT2D eigenvalue weighted by Crippen LogP contribution is -2.31. The van der Waals surface area contributed by atoms with E-state index in [1.807, 2.05) is 29.6 Å². The van der Waals surface area contributed by atoms with Crippen LogP contribution in [0.25, 0.3) is 0 Å². The minimum Gasteiger partial charge on any atom is -0.487 e. The van der Waals surface area contributed by atoms with Crippen LogP contribution in [0.2, 0.25) is 0 Å². The van der Waals surface area contributed by atoms with Crippen molar-refractivity contribution in [1.82, 2.24) is 10.3 Å². The lowest BCUT2D eigenvalue weighted by atomic mass is 9.92. The molecule has 1 aliphatic carbocycles. The molecule has 1 aromatic heterocycles. The molecule has 1 atom stereocenters. The summed E-state index contributed by atoms with van der Waals surface area (Å²) in [4.78, 5) is 16.7. The van der Waals surface area contributed by atoms with Gasteiger partial charge in [0.1, 0.15) is 12.4 Å². The third kappa shape index (κ3) is 4.68. The van der Waals surface area contributed by atoms with Crippen LogP contribution in [0.1, 0.15) is 25.0 Å². The van der Waals surface area contributed by atoms with E-state index < -0.39 is 0 Å². The van der Waals surface area contributed by atoms with Gasteiger partial charge >= 0.3 is 0 Å². The second-order valence-corrected chi connectivity index (χ2v) is 7.37. The Morgan fingerprint density at radius 2 is 2.15 bits per heavy atom. The molecule has 26 heavy (non-hydrogen) atoms. The number of ether oxygens (including phenoxy) is 1. The fraction of sp³-hybridized carbons (Fsp3) is 0.444. The van der Waals surface area contributed by atoms with E-state index in [1.54, 1.807) is 16.8 Å². The number of halogens is 2. The molecule has 0 bridgehead atoms. The number of hydrogen-bond donors (Lipinski definition) is 2. The Labute approximate surface area is 169 Å². The first kappa shape index (κ1) is 21.0. The molecule has 2 heterocycles. The summed E-state index contributed by atoms with van der Waals surface area (Å²) < 4.78 is 5.74. The fourth-order valence-electron chi connectivity index (χ4n) is 3.55. The first-order valence-corrected chi connectivity index (χ1v) is 9.31. The van der Waals surface area contributed by atoms with Crippen LogP contribution < -0.4 is 15.4 Å². The third-order valence-corrected chi connectivity index (χ3v) is 5.71. The molecule has 1 aliphatic heterocycles. The van der Waals surface area contributed by atoms with E-state index in [9.17, 15) is 4.79 Å². The summed E-state index contributed by atoms with van der Waals surface area (Å²) in [6, 6.07) is 7.58. The van der Waals surface area contributed by atoms with Crippen molar-refractivity contribution >= 4 is 47.7 Å². The summed E-state index contributed by atoms with van der Waals surface area (Å²) in [7, 11) is 0. The number of anilines is 1. The molecule has 1 saturated heterocycles. The third-order valence-electron chi connectivity index (χ3n) is 5.08. The summed E-state index contributed by atoms with van der Waals surface area (Å²) >= 11 is 1.55. The zero-order valence-electron chi connectivity index (χ0n) is 14.3. The molecule has 2 fully saturated rings. The number of rotatable bonds is 5. The molecule has 2 N–H and O–H groups in total. The van der Waals surface area contributed by atoms with Gasteiger partial charge in [0.05, 0.1) is 11.2 Å². The van der Waals surface area contributed by atoms with E-state index in [-0.39, 0.29) is 42.1 Å². The maximum absolute atomic E-state index is 12.5. The van der Waals surface area contributed by atoms with E-state index in [0.717, 1.165) is 49.5 Å². The minimum absolute atomic E-state index is 0. The Kier molecular flexibility index (Phi) is 7.29. The lowest BCUT2D eigenvalue weighted by molar-refractivity contribution is -0.118. The van der Waals surface area contributed by atoms with Crippen molar-refractivity contribution in [2.24, 2.45) is 11.3 Å². The van der Waals surface area contributed by atoms with Gasteiger partial charge in [0.2, 0.25) is 5.91 Å². The van der Waals surface area contributed by atoms with Gasteiger partial charge in [0.15, 0.2) is 0 Å². The van der Waals surface area contributed by atoms with Gasteiger partial charge in [-0.25, -0.2) is 4.98 Å². The topological polar surface area (TPSA) is 63.2 Å². The number of piperidine rings is 1. The van der Waals surface area contributed by atoms with Crippen LogP contribution in [0, 0.1) is 11.3 Å². The van der Waals surface area contributed by atoms with Gasteiger partial charge in [-0.15, -0.1) is 36.2 Å². The number of nitrogens with zero attached hydrogens (tertiary/aromatic N) is 1. The van der Waals surface area contributed by atoms with E-state index in [1.165, 1.54) is 0 Å². The number of carbonyl (C=O) groups is 1. The Morgan fingerprint density at radius 3 is 2.88 bits per heavy atom. The predicted molar refractivity (Wildman–Crippen MR) is 109 cm³/mol. The molecule has 1 amide bonds. The van der Waals surface area contributed by atoms with Crippen LogP contribution in [0.15, 0.2) is 35.2 Å². The summed E-state index contributed by atoms with van der Waals surface area (Å²) in [5, 5.41) is 8.40. The SMILES string of the molecule is Cl.Cl.O=C(Nc1cccc(OCc2cscn2)c1)C1CC12CCNCC2. The normalized spacial score (nSPS) is 19.8. The average molecular weight is 416 g/mol. The summed E-state index contributed by atoms with van der Waals surface area (Å²) in [6.45, 7) is 2.51. The second kappa shape index (κ2) is 9.04. The largest absolute Gasteiger partial charge is 0.487 e. The van der Waals surface area contributed by atoms with Gasteiger partial charge in [-0.3, -0.25) is 4.79 Å². The quantitative estimate of drug-likeness (QED) is 0.776. The molecule has 0 radical (unpaired) electrons. The van der Waals surface area contributed by atoms with Gasteiger partial charge in [-0.2, -0.15) is 0 Å². The number of carbonyl (C=O) groups excluding carboxylic acids is 1. The highest BCUT2D eigenvalue weighted by Crippen LogP contribution is 2.58. The highest BCUT2D eigenvalue weighted by atomic mass is 35.5. The standard InChI is InChI=1S/C18H21N3O2S.2ClH/c22-17(16-9-18(16)4-6-19-7-5-18)21-13-2-1-3-15(8-13)23-10-14-11-24-12-20-14;;/h1-3,8,11-12,16,19H,4-7,9-10H2,(H,21,22);2*1H. The molecule has 1 saturated carbocycles. The molecular formula is C18H23Cl2N3O2S. The van der Waals surface area contributed by atoms with Gasteiger partial charge in [0.25, 0.3) is 0 Å². The summed E-state index contributed by atoms with van der Waals surface area (Å²) in [6.07, 6.45) is 3.25. The van der Waals surface area contributed by atoms with Crippen molar-refractivity contribution in [3.8, 4) is 5.75 Å². The molecular weight excluding hydrogens is 393 g/mol. The highest BCUT2D eigenvalue weighted by Gasteiger charge is 2.57. The van der Waals surface area contributed by atoms with Gasteiger partial charge in [-0.05, 0) is 49.9 Å². The summed E-state index contributed by atoms with van der Waals surface area (Å²) in [5.74, 6) is 1.06. The average Bonchev–Trinajstić information content (AvgIpc) is 3.05. The van der Waals surface area contributed by atoms with Crippen molar-refractivity contribution in [2.75, 3.05) is 18.4 Å². The number of aromatic nitrogens is 1. The van der Waals surface area contributed by atoms with Crippen LogP contribution in [-0.4, -0.2) is 24.0 Å². The summed E-state index contributed by atoms with van der Waals surface area (Å²) in [5.41, 5.74) is 3.77. The van der Waals surface area contributed by atoms with Gasteiger partial charge < -0.3 is 15.4 Å². The zero-order chi connectivity index (χ0) is 16.4. The molecule has 5 nitrogen and oxygen atoms in total. The first-order chi connectivity index (χ1) is 11.8. The minimum atomic E-state index is 0. The molecule has 142 valence electrons. The molecule has 1 spiro atoms. The van der Waals surface area contributed by atoms with E-state index in [0.29, 0.717) is 6.61 Å². The van der Waals surface area contributed by atoms with E-state index >= 15 is 0 Å².